The van der Waals surface area contributed by atoms with Crippen LogP contribution in [0.1, 0.15) is 16.8 Å². The van der Waals surface area contributed by atoms with E-state index in [0.29, 0.717) is 30.1 Å². The minimum absolute atomic E-state index is 0.189. The molecule has 11 heteroatoms. The zero-order valence-electron chi connectivity index (χ0n) is 11.5. The van der Waals surface area contributed by atoms with E-state index in [1.165, 1.54) is 26.7 Å². The van der Waals surface area contributed by atoms with E-state index in [2.05, 4.69) is 20.8 Å². The summed E-state index contributed by atoms with van der Waals surface area (Å²) in [7, 11) is -3.13. The molecule has 22 heavy (non-hydrogen) atoms. The molecule has 1 amide bonds. The number of nitrogens with zero attached hydrogens (tertiary/aromatic N) is 5. The first kappa shape index (κ1) is 15.1. The molecule has 0 spiro atoms. The smallest absolute Gasteiger partial charge is 0.254 e. The van der Waals surface area contributed by atoms with Gasteiger partial charge in [-0.25, -0.2) is 12.7 Å². The minimum Gasteiger partial charge on any atom is -0.351 e. The van der Waals surface area contributed by atoms with Crippen LogP contribution in [0.4, 0.5) is 0 Å². The molecular weight excluding hydrogens is 328 g/mol. The molecule has 0 radical (unpaired) electrons. The second-order valence-electron chi connectivity index (χ2n) is 4.72. The number of hydrogen-bond donors (Lipinski definition) is 1. The molecule has 2 aromatic rings. The van der Waals surface area contributed by atoms with Crippen LogP contribution in [-0.2, 0) is 10.0 Å². The van der Waals surface area contributed by atoms with Crippen LogP contribution in [-0.4, -0.2) is 64.2 Å². The molecular formula is C11H14N6O3S2. The van der Waals surface area contributed by atoms with Crippen molar-refractivity contribution in [2.24, 2.45) is 0 Å². The average Bonchev–Trinajstić information content (AvgIpc) is 3.18. The van der Waals surface area contributed by atoms with Gasteiger partial charge in [-0.1, -0.05) is 0 Å². The van der Waals surface area contributed by atoms with Gasteiger partial charge in [-0.05, 0) is 28.3 Å². The second-order valence-corrected chi connectivity index (χ2v) is 7.70. The first-order valence-corrected chi connectivity index (χ1v) is 9.14. The van der Waals surface area contributed by atoms with E-state index >= 15 is 0 Å². The predicted molar refractivity (Wildman–Crippen MR) is 79.3 cm³/mol. The van der Waals surface area contributed by atoms with Crippen molar-refractivity contribution < 1.29 is 13.2 Å². The molecule has 3 heterocycles. The highest BCUT2D eigenvalue weighted by atomic mass is 32.2. The first-order chi connectivity index (χ1) is 10.6. The van der Waals surface area contributed by atoms with Gasteiger partial charge < -0.3 is 5.32 Å². The number of rotatable bonds is 5. The lowest BCUT2D eigenvalue weighted by Crippen LogP contribution is -2.36. The Labute approximate surface area is 131 Å². The van der Waals surface area contributed by atoms with E-state index in [-0.39, 0.29) is 18.2 Å². The molecule has 0 unspecified atom stereocenters. The van der Waals surface area contributed by atoms with Crippen molar-refractivity contribution in [1.29, 1.82) is 0 Å². The zero-order valence-corrected chi connectivity index (χ0v) is 13.2. The summed E-state index contributed by atoms with van der Waals surface area (Å²) in [4.78, 5) is 12.2. The Balaban J connectivity index is 1.60. The molecule has 2 aromatic heterocycles. The van der Waals surface area contributed by atoms with Gasteiger partial charge in [0, 0.05) is 19.6 Å². The molecule has 0 saturated carbocycles. The number of nitrogens with one attached hydrogen (secondary N) is 1. The number of aromatic nitrogens is 4. The average molecular weight is 342 g/mol. The quantitative estimate of drug-likeness (QED) is 0.783. The van der Waals surface area contributed by atoms with Crippen molar-refractivity contribution in [3.05, 3.63) is 23.3 Å². The SMILES string of the molecule is O=C(NCCN1CCCS1(=O)=O)c1ccsc1-n1cnnn1. The van der Waals surface area contributed by atoms with Crippen LogP contribution in [0.5, 0.6) is 0 Å². The van der Waals surface area contributed by atoms with Gasteiger partial charge in [0.15, 0.2) is 0 Å². The van der Waals surface area contributed by atoms with Crippen LogP contribution in [0, 0.1) is 0 Å². The Morgan fingerprint density at radius 1 is 1.45 bits per heavy atom. The van der Waals surface area contributed by atoms with Crippen LogP contribution >= 0.6 is 11.3 Å². The Kier molecular flexibility index (Phi) is 4.18. The molecule has 1 N–H and O–H groups in total. The summed E-state index contributed by atoms with van der Waals surface area (Å²) in [5, 5.41) is 16.0. The van der Waals surface area contributed by atoms with E-state index in [9.17, 15) is 13.2 Å². The summed E-state index contributed by atoms with van der Waals surface area (Å²) in [5.41, 5.74) is 0.460. The number of carbonyl (C=O) groups is 1. The molecule has 118 valence electrons. The maximum Gasteiger partial charge on any atom is 0.254 e. The summed E-state index contributed by atoms with van der Waals surface area (Å²) in [5.74, 6) is -0.0853. The molecule has 0 aromatic carbocycles. The van der Waals surface area contributed by atoms with Crippen LogP contribution in [0.15, 0.2) is 17.8 Å². The zero-order chi connectivity index (χ0) is 15.6. The molecule has 1 saturated heterocycles. The van der Waals surface area contributed by atoms with Gasteiger partial charge in [0.2, 0.25) is 10.0 Å². The molecule has 0 bridgehead atoms. The number of thiophene rings is 1. The molecule has 1 aliphatic heterocycles. The van der Waals surface area contributed by atoms with E-state index in [1.807, 2.05) is 0 Å². The van der Waals surface area contributed by atoms with Gasteiger partial charge in [0.1, 0.15) is 11.3 Å². The van der Waals surface area contributed by atoms with Gasteiger partial charge in [0.05, 0.1) is 11.3 Å². The summed E-state index contributed by atoms with van der Waals surface area (Å²) in [6.07, 6.45) is 2.06. The lowest BCUT2D eigenvalue weighted by atomic mass is 10.3. The largest absolute Gasteiger partial charge is 0.351 e. The summed E-state index contributed by atoms with van der Waals surface area (Å²) < 4.78 is 26.2. The van der Waals surface area contributed by atoms with Crippen molar-refractivity contribution in [2.75, 3.05) is 25.4 Å². The number of amides is 1. The summed E-state index contributed by atoms with van der Waals surface area (Å²) in [6, 6.07) is 1.68. The van der Waals surface area contributed by atoms with Crippen LogP contribution in [0.25, 0.3) is 5.00 Å². The number of tetrazole rings is 1. The van der Waals surface area contributed by atoms with Crippen molar-refractivity contribution in [3.8, 4) is 5.00 Å². The number of hydrogen-bond acceptors (Lipinski definition) is 7. The highest BCUT2D eigenvalue weighted by Crippen LogP contribution is 2.20. The second kappa shape index (κ2) is 6.10. The highest BCUT2D eigenvalue weighted by molar-refractivity contribution is 7.89. The van der Waals surface area contributed by atoms with Gasteiger partial charge in [-0.3, -0.25) is 4.79 Å². The Morgan fingerprint density at radius 2 is 2.32 bits per heavy atom. The van der Waals surface area contributed by atoms with Gasteiger partial charge in [0.25, 0.3) is 5.91 Å². The third-order valence-corrected chi connectivity index (χ3v) is 6.16. The number of sulfonamides is 1. The fourth-order valence-electron chi connectivity index (χ4n) is 2.24. The molecule has 1 fully saturated rings. The fraction of sp³-hybridized carbons (Fsp3) is 0.455. The van der Waals surface area contributed by atoms with Crippen LogP contribution in [0.2, 0.25) is 0 Å². The van der Waals surface area contributed by atoms with E-state index in [1.54, 1.807) is 11.4 Å². The fourth-order valence-corrected chi connectivity index (χ4v) is 4.58. The monoisotopic (exact) mass is 342 g/mol. The van der Waals surface area contributed by atoms with Crippen LogP contribution in [0.3, 0.4) is 0 Å². The Hall–Kier alpha value is -1.85. The van der Waals surface area contributed by atoms with Crippen molar-refractivity contribution in [1.82, 2.24) is 29.8 Å². The third-order valence-electron chi connectivity index (χ3n) is 3.30. The maximum absolute atomic E-state index is 12.2. The van der Waals surface area contributed by atoms with Gasteiger partial charge in [-0.2, -0.15) is 4.68 Å². The van der Waals surface area contributed by atoms with Gasteiger partial charge in [-0.15, -0.1) is 16.4 Å². The lowest BCUT2D eigenvalue weighted by molar-refractivity contribution is 0.0952. The van der Waals surface area contributed by atoms with Gasteiger partial charge >= 0.3 is 0 Å². The first-order valence-electron chi connectivity index (χ1n) is 6.65. The van der Waals surface area contributed by atoms with Crippen molar-refractivity contribution >= 4 is 27.3 Å². The Bertz CT molecular complexity index is 755. The third kappa shape index (κ3) is 3.00. The number of carbonyl (C=O) groups excluding carboxylic acids is 1. The summed E-state index contributed by atoms with van der Waals surface area (Å²) >= 11 is 1.35. The molecule has 3 rings (SSSR count). The molecule has 0 aliphatic carbocycles. The van der Waals surface area contributed by atoms with Crippen LogP contribution < -0.4 is 5.32 Å². The molecule has 0 atom stereocenters. The molecule has 9 nitrogen and oxygen atoms in total. The molecule has 1 aliphatic rings. The maximum atomic E-state index is 12.2. The predicted octanol–water partition coefficient (Wildman–Crippen LogP) is -0.511. The topological polar surface area (TPSA) is 110 Å². The summed E-state index contributed by atoms with van der Waals surface area (Å²) in [6.45, 7) is 1.08. The Morgan fingerprint density at radius 3 is 3.00 bits per heavy atom. The van der Waals surface area contributed by atoms with Crippen molar-refractivity contribution in [3.63, 3.8) is 0 Å². The minimum atomic E-state index is -3.13. The lowest BCUT2D eigenvalue weighted by Gasteiger charge is -2.14. The van der Waals surface area contributed by atoms with E-state index in [0.717, 1.165) is 0 Å². The van der Waals surface area contributed by atoms with E-state index < -0.39 is 10.0 Å². The highest BCUT2D eigenvalue weighted by Gasteiger charge is 2.27. The normalized spacial score (nSPS) is 17.6. The van der Waals surface area contributed by atoms with Crippen molar-refractivity contribution in [2.45, 2.75) is 6.42 Å². The standard InChI is InChI=1S/C11H14N6O3S2/c18-10(12-3-5-16-4-1-7-22(16,19)20)9-2-6-21-11(9)17-8-13-14-15-17/h2,6,8H,1,3-5,7H2,(H,12,18). The van der Waals surface area contributed by atoms with E-state index in [4.69, 9.17) is 0 Å².